The summed E-state index contributed by atoms with van der Waals surface area (Å²) in [5.41, 5.74) is 0. The molecule has 316 valence electrons. The van der Waals surface area contributed by atoms with Gasteiger partial charge in [0.25, 0.3) is 0 Å². The zero-order chi connectivity index (χ0) is 39.2. The van der Waals surface area contributed by atoms with Gasteiger partial charge in [-0.1, -0.05) is 132 Å². The van der Waals surface area contributed by atoms with Gasteiger partial charge in [0.05, 0.1) is 26.4 Å². The Balaban J connectivity index is 4.81. The quantitative estimate of drug-likeness (QED) is 0.0347. The van der Waals surface area contributed by atoms with E-state index in [1.165, 1.54) is 103 Å². The number of carbonyl (C=O) groups excluding carboxylic acids is 2. The average Bonchev–Trinajstić information content (AvgIpc) is 3.15. The molecule has 0 rings (SSSR count). The van der Waals surface area contributed by atoms with Gasteiger partial charge in [0.15, 0.2) is 6.29 Å². The summed E-state index contributed by atoms with van der Waals surface area (Å²) < 4.78 is 29.6. The molecular weight excluding hydrogens is 666 g/mol. The first-order valence-corrected chi connectivity index (χ1v) is 22.8. The number of unbranched alkanes of at least 4 members (excludes halogenated alkanes) is 10. The smallest absolute Gasteiger partial charge is 0.466 e. The van der Waals surface area contributed by atoms with Crippen LogP contribution in [0.2, 0.25) is 0 Å². The zero-order valence-corrected chi connectivity index (χ0v) is 36.2. The topological polar surface area (TPSA) is 83.5 Å². The van der Waals surface area contributed by atoms with Crippen LogP contribution in [0, 0.1) is 11.8 Å². The second-order valence-corrected chi connectivity index (χ2v) is 15.4. The van der Waals surface area contributed by atoms with Crippen LogP contribution >= 0.6 is 0 Å². The molecule has 0 heterocycles. The van der Waals surface area contributed by atoms with Gasteiger partial charge in [-0.3, -0.25) is 4.79 Å². The number of nitrogens with zero attached hydrogens (tertiary/aromatic N) is 1. The third-order valence-corrected chi connectivity index (χ3v) is 10.5. The Morgan fingerprint density at radius 3 is 1.51 bits per heavy atom. The Morgan fingerprint density at radius 1 is 0.491 bits per heavy atom. The van der Waals surface area contributed by atoms with Gasteiger partial charge < -0.3 is 28.6 Å². The van der Waals surface area contributed by atoms with Gasteiger partial charge in [-0.15, -0.1) is 0 Å². The van der Waals surface area contributed by atoms with E-state index in [-0.39, 0.29) is 25.0 Å². The Kier molecular flexibility index (Phi) is 37.9. The summed E-state index contributed by atoms with van der Waals surface area (Å²) in [6.45, 7) is 20.5. The first-order valence-electron chi connectivity index (χ1n) is 22.8. The van der Waals surface area contributed by atoms with Crippen molar-refractivity contribution in [1.82, 2.24) is 4.90 Å². The zero-order valence-electron chi connectivity index (χ0n) is 36.2. The number of ether oxygens (including phenoxy) is 5. The molecule has 0 aromatic heterocycles. The van der Waals surface area contributed by atoms with Gasteiger partial charge in [0.2, 0.25) is 0 Å². The monoisotopic (exact) mass is 756 g/mol. The molecule has 1 atom stereocenters. The number of carbonyl (C=O) groups is 2. The summed E-state index contributed by atoms with van der Waals surface area (Å²) >= 11 is 0. The molecule has 0 aliphatic heterocycles. The summed E-state index contributed by atoms with van der Waals surface area (Å²) in [5, 5.41) is 0. The van der Waals surface area contributed by atoms with Gasteiger partial charge in [-0.25, -0.2) is 4.79 Å². The molecule has 0 fully saturated rings. The molecule has 0 saturated carbocycles. The maximum Gasteiger partial charge on any atom is 0.508 e. The first kappa shape index (κ1) is 51.6. The van der Waals surface area contributed by atoms with Crippen LogP contribution in [0.3, 0.4) is 0 Å². The molecule has 0 spiro atoms. The first-order chi connectivity index (χ1) is 25.9. The molecule has 0 aromatic rings. The standard InChI is InChI=1S/C45H89NO7/c1-8-15-16-17-18-19-20-21-22-23-31-42(53-45(48)50-36-26-35-46(13-6)14-7)34-37-49-43(47)32-24-25-33-44(51-38-40(27-9-2)28-10-3)52-39-41(29-11-4)30-12-5/h40-42,44H,8-39H2,1-7H3. The summed E-state index contributed by atoms with van der Waals surface area (Å²) in [5.74, 6) is 0.952. The highest BCUT2D eigenvalue weighted by molar-refractivity contribution is 5.69. The van der Waals surface area contributed by atoms with Crippen LogP contribution in [0.15, 0.2) is 0 Å². The molecule has 0 aromatic carbocycles. The summed E-state index contributed by atoms with van der Waals surface area (Å²) in [6, 6.07) is 0. The molecule has 0 bridgehead atoms. The fourth-order valence-corrected chi connectivity index (χ4v) is 7.19. The van der Waals surface area contributed by atoms with Crippen molar-refractivity contribution in [3.8, 4) is 0 Å². The number of esters is 1. The maximum absolute atomic E-state index is 12.7. The number of hydrogen-bond acceptors (Lipinski definition) is 8. The molecule has 53 heavy (non-hydrogen) atoms. The number of rotatable bonds is 40. The van der Waals surface area contributed by atoms with E-state index in [0.29, 0.717) is 31.3 Å². The van der Waals surface area contributed by atoms with Crippen molar-refractivity contribution < 1.29 is 33.3 Å². The van der Waals surface area contributed by atoms with Crippen molar-refractivity contribution in [3.05, 3.63) is 0 Å². The van der Waals surface area contributed by atoms with E-state index in [4.69, 9.17) is 23.7 Å². The van der Waals surface area contributed by atoms with Crippen LogP contribution in [0.5, 0.6) is 0 Å². The Bertz CT molecular complexity index is 761. The summed E-state index contributed by atoms with van der Waals surface area (Å²) in [6.07, 6.45) is 25.6. The van der Waals surface area contributed by atoms with Crippen molar-refractivity contribution in [2.75, 3.05) is 46.1 Å². The Morgan fingerprint density at radius 2 is 1.00 bits per heavy atom. The van der Waals surface area contributed by atoms with Crippen molar-refractivity contribution in [2.24, 2.45) is 11.8 Å². The predicted molar refractivity (Wildman–Crippen MR) is 221 cm³/mol. The average molecular weight is 756 g/mol. The number of hydrogen-bond donors (Lipinski definition) is 0. The molecule has 0 radical (unpaired) electrons. The van der Waals surface area contributed by atoms with E-state index in [1.54, 1.807) is 0 Å². The third-order valence-electron chi connectivity index (χ3n) is 10.5. The summed E-state index contributed by atoms with van der Waals surface area (Å²) in [4.78, 5) is 27.6. The molecule has 0 saturated heterocycles. The highest BCUT2D eigenvalue weighted by Crippen LogP contribution is 2.21. The van der Waals surface area contributed by atoms with Gasteiger partial charge in [-0.05, 0) is 89.1 Å². The van der Waals surface area contributed by atoms with Crippen LogP contribution in [0.1, 0.15) is 209 Å². The molecular formula is C45H89NO7. The lowest BCUT2D eigenvalue weighted by atomic mass is 9.99. The molecule has 1 unspecified atom stereocenters. The van der Waals surface area contributed by atoms with Crippen molar-refractivity contribution in [3.63, 3.8) is 0 Å². The van der Waals surface area contributed by atoms with Crippen LogP contribution < -0.4 is 0 Å². The van der Waals surface area contributed by atoms with E-state index in [1.807, 2.05) is 0 Å². The SMILES string of the molecule is CCCCCCCCCCCCC(CCOC(=O)CCCCC(OCC(CCC)CCC)OCC(CCC)CCC)OC(=O)OCCCN(CC)CC. The van der Waals surface area contributed by atoms with E-state index in [0.717, 1.165) is 77.8 Å². The minimum atomic E-state index is -0.613. The van der Waals surface area contributed by atoms with Crippen LogP contribution in [0.25, 0.3) is 0 Å². The second kappa shape index (κ2) is 38.9. The lowest BCUT2D eigenvalue weighted by Crippen LogP contribution is -2.26. The highest BCUT2D eigenvalue weighted by Gasteiger charge is 2.19. The van der Waals surface area contributed by atoms with Crippen molar-refractivity contribution in [1.29, 1.82) is 0 Å². The predicted octanol–water partition coefficient (Wildman–Crippen LogP) is 12.8. The maximum atomic E-state index is 12.7. The van der Waals surface area contributed by atoms with E-state index in [9.17, 15) is 9.59 Å². The van der Waals surface area contributed by atoms with Gasteiger partial charge in [-0.2, -0.15) is 0 Å². The van der Waals surface area contributed by atoms with E-state index < -0.39 is 6.16 Å². The lowest BCUT2D eigenvalue weighted by Gasteiger charge is -2.25. The van der Waals surface area contributed by atoms with Gasteiger partial charge >= 0.3 is 12.1 Å². The molecule has 0 N–H and O–H groups in total. The van der Waals surface area contributed by atoms with Crippen molar-refractivity contribution >= 4 is 12.1 Å². The third kappa shape index (κ3) is 32.6. The van der Waals surface area contributed by atoms with Crippen LogP contribution in [-0.4, -0.2) is 75.5 Å². The highest BCUT2D eigenvalue weighted by atomic mass is 16.7. The normalized spacial score (nSPS) is 12.4. The largest absolute Gasteiger partial charge is 0.508 e. The minimum absolute atomic E-state index is 0.197. The van der Waals surface area contributed by atoms with Crippen LogP contribution in [0.4, 0.5) is 4.79 Å². The molecule has 0 amide bonds. The minimum Gasteiger partial charge on any atom is -0.466 e. The van der Waals surface area contributed by atoms with Crippen molar-refractivity contribution in [2.45, 2.75) is 221 Å². The molecule has 8 nitrogen and oxygen atoms in total. The van der Waals surface area contributed by atoms with E-state index >= 15 is 0 Å². The molecule has 0 aliphatic rings. The van der Waals surface area contributed by atoms with E-state index in [2.05, 4.69) is 53.4 Å². The molecule has 8 heteroatoms. The Labute approximate surface area is 328 Å². The fraction of sp³-hybridized carbons (Fsp3) is 0.956. The van der Waals surface area contributed by atoms with Crippen LogP contribution in [-0.2, 0) is 28.5 Å². The Hall–Kier alpha value is -1.38. The fourth-order valence-electron chi connectivity index (χ4n) is 7.19. The molecule has 0 aliphatic carbocycles. The lowest BCUT2D eigenvalue weighted by molar-refractivity contribution is -0.163. The second-order valence-electron chi connectivity index (χ2n) is 15.4. The van der Waals surface area contributed by atoms with Gasteiger partial charge in [0, 0.05) is 19.4 Å². The van der Waals surface area contributed by atoms with Gasteiger partial charge in [0.1, 0.15) is 6.10 Å². The summed E-state index contributed by atoms with van der Waals surface area (Å²) in [7, 11) is 0.